The molecule has 0 aliphatic heterocycles. The summed E-state index contributed by atoms with van der Waals surface area (Å²) in [5.74, 6) is -0.167. The number of nitrogens with one attached hydrogen (secondary N) is 2. The van der Waals surface area contributed by atoms with Gasteiger partial charge in [-0.1, -0.05) is 26.3 Å². The summed E-state index contributed by atoms with van der Waals surface area (Å²) in [6, 6.07) is 3.55. The molecule has 1 heterocycles. The smallest absolute Gasteiger partial charge is 0.261 e. The number of hydrogen-bond acceptors (Lipinski definition) is 4. The van der Waals surface area contributed by atoms with Crippen molar-refractivity contribution in [1.29, 1.82) is 0 Å². The SMILES string of the molecule is CCC(C)C(O)CNC(=O)CCNC(=O)c1cccs1. The maximum Gasteiger partial charge on any atom is 0.261 e. The van der Waals surface area contributed by atoms with E-state index in [1.54, 1.807) is 6.07 Å². The third-order valence-electron chi connectivity index (χ3n) is 3.19. The molecule has 0 aliphatic rings. The number of carbonyl (C=O) groups is 2. The van der Waals surface area contributed by atoms with Crippen LogP contribution in [0.15, 0.2) is 17.5 Å². The Labute approximate surface area is 123 Å². The third-order valence-corrected chi connectivity index (χ3v) is 4.06. The lowest BCUT2D eigenvalue weighted by Crippen LogP contribution is -2.37. The zero-order valence-corrected chi connectivity index (χ0v) is 12.7. The Morgan fingerprint density at radius 2 is 2.15 bits per heavy atom. The molecule has 2 unspecified atom stereocenters. The van der Waals surface area contributed by atoms with Gasteiger partial charge in [0.15, 0.2) is 0 Å². The fraction of sp³-hybridized carbons (Fsp3) is 0.571. The lowest BCUT2D eigenvalue weighted by atomic mass is 10.0. The summed E-state index contributed by atoms with van der Waals surface area (Å²) in [4.78, 5) is 23.8. The molecule has 6 heteroatoms. The Balaban J connectivity index is 2.16. The summed E-state index contributed by atoms with van der Waals surface area (Å²) in [5, 5.41) is 16.9. The minimum atomic E-state index is -0.523. The van der Waals surface area contributed by atoms with E-state index < -0.39 is 6.10 Å². The maximum atomic E-state index is 11.6. The highest BCUT2D eigenvalue weighted by Crippen LogP contribution is 2.07. The third kappa shape index (κ3) is 5.71. The molecule has 0 saturated carbocycles. The van der Waals surface area contributed by atoms with Crippen molar-refractivity contribution in [2.24, 2.45) is 5.92 Å². The monoisotopic (exact) mass is 298 g/mol. The molecule has 0 saturated heterocycles. The van der Waals surface area contributed by atoms with Gasteiger partial charge in [-0.15, -0.1) is 11.3 Å². The van der Waals surface area contributed by atoms with Crippen LogP contribution in [0.2, 0.25) is 0 Å². The Hall–Kier alpha value is -1.40. The van der Waals surface area contributed by atoms with Crippen LogP contribution in [0.25, 0.3) is 0 Å². The molecule has 0 radical (unpaired) electrons. The second-order valence-corrected chi connectivity index (χ2v) is 5.69. The fourth-order valence-electron chi connectivity index (χ4n) is 1.56. The fourth-order valence-corrected chi connectivity index (χ4v) is 2.20. The molecule has 1 rings (SSSR count). The summed E-state index contributed by atoms with van der Waals surface area (Å²) in [7, 11) is 0. The molecular formula is C14H22N2O3S. The number of amides is 2. The molecular weight excluding hydrogens is 276 g/mol. The zero-order valence-electron chi connectivity index (χ0n) is 11.9. The van der Waals surface area contributed by atoms with E-state index in [0.29, 0.717) is 11.4 Å². The number of thiophene rings is 1. The lowest BCUT2D eigenvalue weighted by Gasteiger charge is -2.17. The summed E-state index contributed by atoms with van der Waals surface area (Å²) in [5.41, 5.74) is 0. The van der Waals surface area contributed by atoms with Crippen molar-refractivity contribution in [3.63, 3.8) is 0 Å². The van der Waals surface area contributed by atoms with Gasteiger partial charge in [-0.3, -0.25) is 9.59 Å². The first kappa shape index (κ1) is 16.7. The molecule has 112 valence electrons. The highest BCUT2D eigenvalue weighted by atomic mass is 32.1. The van der Waals surface area contributed by atoms with Crippen molar-refractivity contribution >= 4 is 23.2 Å². The molecule has 0 fully saturated rings. The Morgan fingerprint density at radius 3 is 2.75 bits per heavy atom. The molecule has 2 amide bonds. The molecule has 0 bridgehead atoms. The normalized spacial score (nSPS) is 13.6. The zero-order chi connectivity index (χ0) is 15.0. The molecule has 1 aromatic heterocycles. The average Bonchev–Trinajstić information content (AvgIpc) is 2.97. The van der Waals surface area contributed by atoms with Gasteiger partial charge < -0.3 is 15.7 Å². The van der Waals surface area contributed by atoms with E-state index in [1.165, 1.54) is 11.3 Å². The van der Waals surface area contributed by atoms with Crippen LogP contribution in [-0.2, 0) is 4.79 Å². The molecule has 0 aliphatic carbocycles. The largest absolute Gasteiger partial charge is 0.391 e. The van der Waals surface area contributed by atoms with Crippen molar-refractivity contribution in [3.8, 4) is 0 Å². The van der Waals surface area contributed by atoms with E-state index in [2.05, 4.69) is 10.6 Å². The second-order valence-electron chi connectivity index (χ2n) is 4.74. The predicted octanol–water partition coefficient (Wildman–Crippen LogP) is 1.39. The Morgan fingerprint density at radius 1 is 1.40 bits per heavy atom. The number of aliphatic hydroxyl groups excluding tert-OH is 1. The van der Waals surface area contributed by atoms with Gasteiger partial charge in [0.1, 0.15) is 0 Å². The van der Waals surface area contributed by atoms with Crippen LogP contribution < -0.4 is 10.6 Å². The highest BCUT2D eigenvalue weighted by molar-refractivity contribution is 7.12. The quantitative estimate of drug-likeness (QED) is 0.678. The van der Waals surface area contributed by atoms with Gasteiger partial charge >= 0.3 is 0 Å². The van der Waals surface area contributed by atoms with Crippen LogP contribution in [0.4, 0.5) is 0 Å². The van der Waals surface area contributed by atoms with Crippen molar-refractivity contribution in [2.45, 2.75) is 32.8 Å². The van der Waals surface area contributed by atoms with Gasteiger partial charge in [-0.25, -0.2) is 0 Å². The van der Waals surface area contributed by atoms with E-state index in [-0.39, 0.29) is 30.7 Å². The van der Waals surface area contributed by atoms with Gasteiger partial charge in [0.25, 0.3) is 5.91 Å². The van der Waals surface area contributed by atoms with Crippen LogP contribution in [0.3, 0.4) is 0 Å². The van der Waals surface area contributed by atoms with Crippen LogP contribution >= 0.6 is 11.3 Å². The minimum absolute atomic E-state index is 0.160. The molecule has 5 nitrogen and oxygen atoms in total. The predicted molar refractivity (Wildman–Crippen MR) is 79.7 cm³/mol. The van der Waals surface area contributed by atoms with Gasteiger partial charge in [0.2, 0.25) is 5.91 Å². The molecule has 0 spiro atoms. The van der Waals surface area contributed by atoms with E-state index in [0.717, 1.165) is 6.42 Å². The number of rotatable bonds is 8. The maximum absolute atomic E-state index is 11.6. The van der Waals surface area contributed by atoms with Gasteiger partial charge in [0.05, 0.1) is 11.0 Å². The summed E-state index contributed by atoms with van der Waals surface area (Å²) < 4.78 is 0. The van der Waals surface area contributed by atoms with Crippen LogP contribution in [0, 0.1) is 5.92 Å². The second kappa shape index (κ2) is 8.71. The van der Waals surface area contributed by atoms with Gasteiger partial charge in [-0.05, 0) is 17.4 Å². The molecule has 3 N–H and O–H groups in total. The van der Waals surface area contributed by atoms with Crippen molar-refractivity contribution in [1.82, 2.24) is 10.6 Å². The van der Waals surface area contributed by atoms with Crippen molar-refractivity contribution in [3.05, 3.63) is 22.4 Å². The topological polar surface area (TPSA) is 78.4 Å². The highest BCUT2D eigenvalue weighted by Gasteiger charge is 2.13. The van der Waals surface area contributed by atoms with Crippen LogP contribution in [0.1, 0.15) is 36.4 Å². The molecule has 20 heavy (non-hydrogen) atoms. The minimum Gasteiger partial charge on any atom is -0.391 e. The van der Waals surface area contributed by atoms with Crippen LogP contribution in [-0.4, -0.2) is 36.1 Å². The number of aliphatic hydroxyl groups is 1. The standard InChI is InChI=1S/C14H22N2O3S/c1-3-10(2)11(17)9-16-13(18)6-7-15-14(19)12-5-4-8-20-12/h4-5,8,10-11,17H,3,6-7,9H2,1-2H3,(H,15,19)(H,16,18). The molecule has 2 atom stereocenters. The Bertz CT molecular complexity index is 420. The molecule has 0 aromatic carbocycles. The summed E-state index contributed by atoms with van der Waals surface area (Å²) in [6.07, 6.45) is 0.558. The summed E-state index contributed by atoms with van der Waals surface area (Å²) in [6.45, 7) is 4.49. The molecule has 1 aromatic rings. The number of hydrogen-bond donors (Lipinski definition) is 3. The first-order valence-corrected chi connectivity index (χ1v) is 7.69. The summed E-state index contributed by atoms with van der Waals surface area (Å²) >= 11 is 1.36. The Kier molecular flexibility index (Phi) is 7.25. The van der Waals surface area contributed by atoms with E-state index in [9.17, 15) is 14.7 Å². The lowest BCUT2D eigenvalue weighted by molar-refractivity contribution is -0.121. The average molecular weight is 298 g/mol. The number of carbonyl (C=O) groups excluding carboxylic acids is 2. The van der Waals surface area contributed by atoms with E-state index in [1.807, 2.05) is 25.3 Å². The van der Waals surface area contributed by atoms with Gasteiger partial charge in [0, 0.05) is 19.5 Å². The van der Waals surface area contributed by atoms with Gasteiger partial charge in [-0.2, -0.15) is 0 Å². The van der Waals surface area contributed by atoms with Crippen molar-refractivity contribution in [2.75, 3.05) is 13.1 Å². The van der Waals surface area contributed by atoms with Crippen LogP contribution in [0.5, 0.6) is 0 Å². The first-order valence-electron chi connectivity index (χ1n) is 6.81. The van der Waals surface area contributed by atoms with Crippen molar-refractivity contribution < 1.29 is 14.7 Å². The van der Waals surface area contributed by atoms with E-state index >= 15 is 0 Å². The van der Waals surface area contributed by atoms with E-state index in [4.69, 9.17) is 0 Å². The first-order chi connectivity index (χ1) is 9.54.